The second kappa shape index (κ2) is 5.56. The van der Waals surface area contributed by atoms with E-state index in [0.717, 1.165) is 17.7 Å². The van der Waals surface area contributed by atoms with Gasteiger partial charge < -0.3 is 19.7 Å². The van der Waals surface area contributed by atoms with Gasteiger partial charge in [-0.2, -0.15) is 0 Å². The van der Waals surface area contributed by atoms with E-state index in [0.29, 0.717) is 29.3 Å². The third kappa shape index (κ3) is 2.36. The van der Waals surface area contributed by atoms with Crippen LogP contribution in [0.15, 0.2) is 36.4 Å². The number of ether oxygens (including phenoxy) is 2. The van der Waals surface area contributed by atoms with Crippen molar-refractivity contribution in [2.45, 2.75) is 13.3 Å². The Balaban J connectivity index is 1.70. The van der Waals surface area contributed by atoms with Crippen LogP contribution in [-0.4, -0.2) is 25.2 Å². The molecule has 2 aliphatic heterocycles. The number of nitrogens with one attached hydrogen (secondary N) is 1. The molecule has 1 N–H and O–H groups in total. The van der Waals surface area contributed by atoms with Crippen LogP contribution in [0.25, 0.3) is 0 Å². The molecule has 2 aliphatic rings. The molecule has 4 rings (SSSR count). The van der Waals surface area contributed by atoms with Crippen molar-refractivity contribution >= 4 is 23.2 Å². The fourth-order valence-corrected chi connectivity index (χ4v) is 3.13. The molecule has 0 bridgehead atoms. The molecule has 0 atom stereocenters. The summed E-state index contributed by atoms with van der Waals surface area (Å²) in [4.78, 5) is 26.1. The maximum Gasteiger partial charge on any atom is 0.258 e. The van der Waals surface area contributed by atoms with Gasteiger partial charge in [-0.25, -0.2) is 0 Å². The van der Waals surface area contributed by atoms with Crippen molar-refractivity contribution in [2.24, 2.45) is 0 Å². The third-order valence-corrected chi connectivity index (χ3v) is 4.17. The predicted octanol–water partition coefficient (Wildman–Crippen LogP) is 2.58. The van der Waals surface area contributed by atoms with Gasteiger partial charge in [-0.05, 0) is 36.2 Å². The Morgan fingerprint density at radius 2 is 1.96 bits per heavy atom. The molecular formula is C18H16N2O4. The van der Waals surface area contributed by atoms with Crippen LogP contribution in [0.1, 0.15) is 22.8 Å². The van der Waals surface area contributed by atoms with E-state index in [2.05, 4.69) is 5.32 Å². The molecule has 0 fully saturated rings. The first-order valence-corrected chi connectivity index (χ1v) is 7.74. The first-order chi connectivity index (χ1) is 11.6. The maximum absolute atomic E-state index is 13.0. The first-order valence-electron chi connectivity index (χ1n) is 7.74. The van der Waals surface area contributed by atoms with E-state index in [1.165, 1.54) is 6.92 Å². The highest BCUT2D eigenvalue weighted by Crippen LogP contribution is 2.38. The van der Waals surface area contributed by atoms with Crippen LogP contribution < -0.4 is 19.7 Å². The Bertz CT molecular complexity index is 847. The number of rotatable bonds is 2. The Labute approximate surface area is 139 Å². The SMILES string of the molecule is CC(=O)Nc1cccc2c1N(C(=O)c1ccc3c(c1)OCO3)CC2. The Morgan fingerprint density at radius 3 is 2.79 bits per heavy atom. The number of hydrogen-bond acceptors (Lipinski definition) is 4. The van der Waals surface area contributed by atoms with Crippen LogP contribution in [0, 0.1) is 0 Å². The van der Waals surface area contributed by atoms with Crippen LogP contribution >= 0.6 is 0 Å². The van der Waals surface area contributed by atoms with E-state index in [4.69, 9.17) is 9.47 Å². The minimum absolute atomic E-state index is 0.121. The van der Waals surface area contributed by atoms with Crippen LogP contribution in [0.3, 0.4) is 0 Å². The fourth-order valence-electron chi connectivity index (χ4n) is 3.13. The largest absolute Gasteiger partial charge is 0.454 e. The molecule has 0 spiro atoms. The van der Waals surface area contributed by atoms with Gasteiger partial charge in [-0.3, -0.25) is 9.59 Å². The molecule has 0 aliphatic carbocycles. The second-order valence-electron chi connectivity index (χ2n) is 5.77. The minimum Gasteiger partial charge on any atom is -0.454 e. The van der Waals surface area contributed by atoms with Gasteiger partial charge in [0.15, 0.2) is 11.5 Å². The lowest BCUT2D eigenvalue weighted by Crippen LogP contribution is -2.29. The number of carbonyl (C=O) groups excluding carboxylic acids is 2. The van der Waals surface area contributed by atoms with E-state index < -0.39 is 0 Å². The van der Waals surface area contributed by atoms with E-state index >= 15 is 0 Å². The molecule has 122 valence electrons. The monoisotopic (exact) mass is 324 g/mol. The smallest absolute Gasteiger partial charge is 0.258 e. The highest BCUT2D eigenvalue weighted by molar-refractivity contribution is 6.10. The molecule has 6 heteroatoms. The van der Waals surface area contributed by atoms with Crippen molar-refractivity contribution in [2.75, 3.05) is 23.6 Å². The van der Waals surface area contributed by atoms with Crippen LogP contribution in [0.4, 0.5) is 11.4 Å². The standard InChI is InChI=1S/C18H16N2O4/c1-11(21)19-14-4-2-3-12-7-8-20(17(12)14)18(22)13-5-6-15-16(9-13)24-10-23-15/h2-6,9H,7-8,10H2,1H3,(H,19,21). The average molecular weight is 324 g/mol. The molecule has 2 aromatic carbocycles. The summed E-state index contributed by atoms with van der Waals surface area (Å²) in [5, 5.41) is 2.81. The number of fused-ring (bicyclic) bond motifs is 2. The molecular weight excluding hydrogens is 308 g/mol. The van der Waals surface area contributed by atoms with Gasteiger partial charge in [-0.15, -0.1) is 0 Å². The summed E-state index contributed by atoms with van der Waals surface area (Å²) < 4.78 is 10.6. The van der Waals surface area contributed by atoms with E-state index in [1.54, 1.807) is 23.1 Å². The molecule has 0 aromatic heterocycles. The van der Waals surface area contributed by atoms with Crippen LogP contribution in [-0.2, 0) is 11.2 Å². The molecule has 0 saturated carbocycles. The quantitative estimate of drug-likeness (QED) is 0.922. The zero-order valence-electron chi connectivity index (χ0n) is 13.2. The summed E-state index contributed by atoms with van der Waals surface area (Å²) in [5.41, 5.74) is 3.02. The molecule has 0 unspecified atom stereocenters. The third-order valence-electron chi connectivity index (χ3n) is 4.17. The average Bonchev–Trinajstić information content (AvgIpc) is 3.20. The van der Waals surface area contributed by atoms with Crippen molar-refractivity contribution in [3.05, 3.63) is 47.5 Å². The first kappa shape index (κ1) is 14.6. The van der Waals surface area contributed by atoms with Gasteiger partial charge in [0.05, 0.1) is 11.4 Å². The molecule has 2 aromatic rings. The summed E-state index contributed by atoms with van der Waals surface area (Å²) >= 11 is 0. The number of amides is 2. The van der Waals surface area contributed by atoms with Crippen LogP contribution in [0.2, 0.25) is 0 Å². The second-order valence-corrected chi connectivity index (χ2v) is 5.77. The summed E-state index contributed by atoms with van der Waals surface area (Å²) in [6.07, 6.45) is 0.763. The zero-order chi connectivity index (χ0) is 16.7. The molecule has 6 nitrogen and oxygen atoms in total. The molecule has 0 radical (unpaired) electrons. The maximum atomic E-state index is 13.0. The van der Waals surface area contributed by atoms with Gasteiger partial charge in [-0.1, -0.05) is 12.1 Å². The van der Waals surface area contributed by atoms with Crippen molar-refractivity contribution in [3.8, 4) is 11.5 Å². The lowest BCUT2D eigenvalue weighted by atomic mass is 10.1. The number of anilines is 2. The number of nitrogens with zero attached hydrogens (tertiary/aromatic N) is 1. The van der Waals surface area contributed by atoms with E-state index in [9.17, 15) is 9.59 Å². The lowest BCUT2D eigenvalue weighted by molar-refractivity contribution is -0.114. The zero-order valence-corrected chi connectivity index (χ0v) is 13.2. The number of carbonyl (C=O) groups is 2. The fraction of sp³-hybridized carbons (Fsp3) is 0.222. The highest BCUT2D eigenvalue weighted by atomic mass is 16.7. The van der Waals surface area contributed by atoms with Crippen LogP contribution in [0.5, 0.6) is 11.5 Å². The Morgan fingerprint density at radius 1 is 1.12 bits per heavy atom. The van der Waals surface area contributed by atoms with Crippen molar-refractivity contribution in [1.82, 2.24) is 0 Å². The van der Waals surface area contributed by atoms with Gasteiger partial charge in [0.25, 0.3) is 5.91 Å². The minimum atomic E-state index is -0.161. The number of benzene rings is 2. The topological polar surface area (TPSA) is 67.9 Å². The van der Waals surface area contributed by atoms with Gasteiger partial charge in [0.1, 0.15) is 0 Å². The molecule has 2 amide bonds. The summed E-state index contributed by atoms with van der Waals surface area (Å²) in [7, 11) is 0. The molecule has 0 saturated heterocycles. The summed E-state index contributed by atoms with van der Waals surface area (Å²) in [6, 6.07) is 10.8. The Kier molecular flexibility index (Phi) is 3.37. The van der Waals surface area contributed by atoms with E-state index in [-0.39, 0.29) is 18.6 Å². The lowest BCUT2D eigenvalue weighted by Gasteiger charge is -2.20. The summed E-state index contributed by atoms with van der Waals surface area (Å²) in [5.74, 6) is 0.943. The number of hydrogen-bond donors (Lipinski definition) is 1. The number of para-hydroxylation sites is 1. The Hall–Kier alpha value is -3.02. The van der Waals surface area contributed by atoms with E-state index in [1.807, 2.05) is 18.2 Å². The highest BCUT2D eigenvalue weighted by Gasteiger charge is 2.29. The summed E-state index contributed by atoms with van der Waals surface area (Å²) in [6.45, 7) is 2.21. The van der Waals surface area contributed by atoms with Gasteiger partial charge >= 0.3 is 0 Å². The van der Waals surface area contributed by atoms with Crippen molar-refractivity contribution < 1.29 is 19.1 Å². The van der Waals surface area contributed by atoms with Crippen molar-refractivity contribution in [1.29, 1.82) is 0 Å². The predicted molar refractivity (Wildman–Crippen MR) is 88.7 cm³/mol. The molecule has 2 heterocycles. The normalized spacial score (nSPS) is 14.5. The van der Waals surface area contributed by atoms with Gasteiger partial charge in [0.2, 0.25) is 12.7 Å². The van der Waals surface area contributed by atoms with Crippen molar-refractivity contribution in [3.63, 3.8) is 0 Å². The van der Waals surface area contributed by atoms with Gasteiger partial charge in [0, 0.05) is 19.0 Å². The molecule has 24 heavy (non-hydrogen) atoms.